The van der Waals surface area contributed by atoms with E-state index in [9.17, 15) is 4.79 Å². The number of benzene rings is 2. The molecule has 3 N–H and O–H groups in total. The Morgan fingerprint density at radius 1 is 1.22 bits per heavy atom. The van der Waals surface area contributed by atoms with Gasteiger partial charge in [-0.2, -0.15) is 0 Å². The molecule has 2 aromatic rings. The molecule has 0 saturated heterocycles. The van der Waals surface area contributed by atoms with E-state index in [0.29, 0.717) is 16.5 Å². The van der Waals surface area contributed by atoms with Gasteiger partial charge < -0.3 is 15.8 Å². The molecule has 0 heterocycles. The van der Waals surface area contributed by atoms with Crippen LogP contribution in [0.3, 0.4) is 0 Å². The number of halogens is 1. The highest BCUT2D eigenvalue weighted by Crippen LogP contribution is 2.29. The quantitative estimate of drug-likeness (QED) is 0.845. The average molecular weight is 333 g/mol. The van der Waals surface area contributed by atoms with E-state index in [1.54, 1.807) is 18.2 Å². The lowest BCUT2D eigenvalue weighted by atomic mass is 9.98. The minimum absolute atomic E-state index is 0.0349. The number of anilines is 1. The van der Waals surface area contributed by atoms with E-state index < -0.39 is 5.92 Å². The van der Waals surface area contributed by atoms with Gasteiger partial charge >= 0.3 is 0 Å². The molecular weight excluding hydrogens is 312 g/mol. The van der Waals surface area contributed by atoms with Crippen molar-refractivity contribution >= 4 is 23.2 Å². The molecule has 0 aromatic heterocycles. The highest BCUT2D eigenvalue weighted by atomic mass is 35.5. The summed E-state index contributed by atoms with van der Waals surface area (Å²) in [5.74, 6) is 0.0342. The predicted molar refractivity (Wildman–Crippen MR) is 94.1 cm³/mol. The fourth-order valence-corrected chi connectivity index (χ4v) is 2.46. The van der Waals surface area contributed by atoms with Gasteiger partial charge in [0.15, 0.2) is 0 Å². The van der Waals surface area contributed by atoms with E-state index in [0.717, 1.165) is 5.56 Å². The Balaban J connectivity index is 2.11. The number of rotatable bonds is 6. The van der Waals surface area contributed by atoms with Gasteiger partial charge in [-0.15, -0.1) is 0 Å². The number of hydrogen-bond acceptors (Lipinski definition) is 3. The van der Waals surface area contributed by atoms with E-state index >= 15 is 0 Å². The van der Waals surface area contributed by atoms with Crippen molar-refractivity contribution in [3.63, 3.8) is 0 Å². The fourth-order valence-electron chi connectivity index (χ4n) is 2.24. The van der Waals surface area contributed by atoms with Crippen molar-refractivity contribution in [3.8, 4) is 5.75 Å². The molecular formula is C18H21ClN2O2. The van der Waals surface area contributed by atoms with Crippen LogP contribution < -0.4 is 15.8 Å². The maximum Gasteiger partial charge on any atom is 0.233 e. The molecule has 4 nitrogen and oxygen atoms in total. The molecule has 0 aliphatic rings. The zero-order valence-corrected chi connectivity index (χ0v) is 14.0. The minimum atomic E-state index is -0.401. The monoisotopic (exact) mass is 332 g/mol. The first-order valence-electron chi connectivity index (χ1n) is 7.53. The number of hydrogen-bond donors (Lipinski definition) is 2. The minimum Gasteiger partial charge on any atom is -0.489 e. The molecule has 122 valence electrons. The van der Waals surface area contributed by atoms with Crippen LogP contribution in [0.5, 0.6) is 5.75 Å². The summed E-state index contributed by atoms with van der Waals surface area (Å²) in [6, 6.07) is 14.7. The largest absolute Gasteiger partial charge is 0.489 e. The molecule has 5 heteroatoms. The number of amides is 1. The Morgan fingerprint density at radius 3 is 2.48 bits per heavy atom. The lowest BCUT2D eigenvalue weighted by Crippen LogP contribution is -2.27. The molecule has 0 radical (unpaired) electrons. The standard InChI is InChI=1S/C18H21ClN2O2/c1-12(2)23-17-9-8-14(10-16(17)19)21-18(22)15(11-20)13-6-4-3-5-7-13/h3-10,12,15H,11,20H2,1-2H3,(H,21,22). The third-order valence-corrected chi connectivity index (χ3v) is 3.61. The number of carbonyl (C=O) groups excluding carboxylic acids is 1. The molecule has 1 atom stereocenters. The van der Waals surface area contributed by atoms with Gasteiger partial charge in [0, 0.05) is 12.2 Å². The molecule has 0 aliphatic heterocycles. The van der Waals surface area contributed by atoms with Crippen molar-refractivity contribution in [3.05, 3.63) is 59.1 Å². The SMILES string of the molecule is CC(C)Oc1ccc(NC(=O)C(CN)c2ccccc2)cc1Cl. The maximum atomic E-state index is 12.5. The van der Waals surface area contributed by atoms with Crippen molar-refractivity contribution in [1.29, 1.82) is 0 Å². The first-order valence-corrected chi connectivity index (χ1v) is 7.91. The van der Waals surface area contributed by atoms with Crippen molar-refractivity contribution in [2.45, 2.75) is 25.9 Å². The van der Waals surface area contributed by atoms with E-state index in [1.165, 1.54) is 0 Å². The van der Waals surface area contributed by atoms with Gasteiger partial charge in [-0.25, -0.2) is 0 Å². The first kappa shape index (κ1) is 17.3. The summed E-state index contributed by atoms with van der Waals surface area (Å²) in [6.45, 7) is 4.09. The Bertz CT molecular complexity index is 659. The van der Waals surface area contributed by atoms with Gasteiger partial charge in [-0.3, -0.25) is 4.79 Å². The second-order valence-electron chi connectivity index (χ2n) is 5.50. The van der Waals surface area contributed by atoms with Gasteiger partial charge in [0.2, 0.25) is 5.91 Å². The first-order chi connectivity index (χ1) is 11.0. The lowest BCUT2D eigenvalue weighted by Gasteiger charge is -2.16. The number of carbonyl (C=O) groups is 1. The molecule has 0 saturated carbocycles. The van der Waals surface area contributed by atoms with Crippen molar-refractivity contribution in [2.24, 2.45) is 5.73 Å². The zero-order chi connectivity index (χ0) is 16.8. The summed E-state index contributed by atoms with van der Waals surface area (Å²) in [6.07, 6.45) is 0.0349. The Kier molecular flexibility index (Phi) is 6.02. The van der Waals surface area contributed by atoms with Crippen LogP contribution in [0.25, 0.3) is 0 Å². The predicted octanol–water partition coefficient (Wildman–Crippen LogP) is 3.81. The van der Waals surface area contributed by atoms with Crippen LogP contribution in [0, 0.1) is 0 Å². The number of nitrogens with two attached hydrogens (primary N) is 1. The molecule has 2 aromatic carbocycles. The number of nitrogens with one attached hydrogen (secondary N) is 1. The third kappa shape index (κ3) is 4.71. The highest BCUT2D eigenvalue weighted by Gasteiger charge is 2.19. The van der Waals surface area contributed by atoms with Gasteiger partial charge in [0.05, 0.1) is 17.0 Å². The van der Waals surface area contributed by atoms with Crippen LogP contribution in [0.2, 0.25) is 5.02 Å². The zero-order valence-electron chi connectivity index (χ0n) is 13.3. The van der Waals surface area contributed by atoms with Gasteiger partial charge in [0.25, 0.3) is 0 Å². The van der Waals surface area contributed by atoms with Crippen LogP contribution in [0.4, 0.5) is 5.69 Å². The van der Waals surface area contributed by atoms with Gasteiger partial charge in [0.1, 0.15) is 5.75 Å². The van der Waals surface area contributed by atoms with E-state index in [1.807, 2.05) is 44.2 Å². The van der Waals surface area contributed by atoms with E-state index in [2.05, 4.69) is 5.32 Å². The van der Waals surface area contributed by atoms with Crippen LogP contribution >= 0.6 is 11.6 Å². The average Bonchev–Trinajstić information content (AvgIpc) is 2.51. The van der Waals surface area contributed by atoms with E-state index in [-0.39, 0.29) is 18.6 Å². The molecule has 23 heavy (non-hydrogen) atoms. The maximum absolute atomic E-state index is 12.5. The Labute approximate surface area is 141 Å². The smallest absolute Gasteiger partial charge is 0.233 e. The molecule has 1 amide bonds. The third-order valence-electron chi connectivity index (χ3n) is 3.32. The van der Waals surface area contributed by atoms with Crippen molar-refractivity contribution in [2.75, 3.05) is 11.9 Å². The summed E-state index contributed by atoms with van der Waals surface area (Å²) < 4.78 is 5.58. The molecule has 1 unspecified atom stereocenters. The number of ether oxygens (including phenoxy) is 1. The Hall–Kier alpha value is -2.04. The topological polar surface area (TPSA) is 64.3 Å². The second kappa shape index (κ2) is 7.99. The molecule has 2 rings (SSSR count). The Morgan fingerprint density at radius 2 is 1.91 bits per heavy atom. The summed E-state index contributed by atoms with van der Waals surface area (Å²) in [5, 5.41) is 3.31. The molecule has 0 bridgehead atoms. The second-order valence-corrected chi connectivity index (χ2v) is 5.91. The summed E-state index contributed by atoms with van der Waals surface area (Å²) in [7, 11) is 0. The summed E-state index contributed by atoms with van der Waals surface area (Å²) in [5.41, 5.74) is 7.26. The van der Waals surface area contributed by atoms with Crippen LogP contribution in [-0.2, 0) is 4.79 Å². The van der Waals surface area contributed by atoms with Crippen molar-refractivity contribution < 1.29 is 9.53 Å². The lowest BCUT2D eigenvalue weighted by molar-refractivity contribution is -0.117. The van der Waals surface area contributed by atoms with Gasteiger partial charge in [-0.1, -0.05) is 41.9 Å². The van der Waals surface area contributed by atoms with Crippen LogP contribution in [0.15, 0.2) is 48.5 Å². The molecule has 0 fully saturated rings. The van der Waals surface area contributed by atoms with Crippen molar-refractivity contribution in [1.82, 2.24) is 0 Å². The molecule has 0 spiro atoms. The normalized spacial score (nSPS) is 12.0. The van der Waals surface area contributed by atoms with Crippen LogP contribution in [-0.4, -0.2) is 18.6 Å². The van der Waals surface area contributed by atoms with E-state index in [4.69, 9.17) is 22.1 Å². The van der Waals surface area contributed by atoms with Gasteiger partial charge in [-0.05, 0) is 37.6 Å². The summed E-state index contributed by atoms with van der Waals surface area (Å²) in [4.78, 5) is 12.5. The fraction of sp³-hybridized carbons (Fsp3) is 0.278. The van der Waals surface area contributed by atoms with Crippen LogP contribution in [0.1, 0.15) is 25.3 Å². The highest BCUT2D eigenvalue weighted by molar-refractivity contribution is 6.32. The molecule has 0 aliphatic carbocycles. The summed E-state index contributed by atoms with van der Waals surface area (Å²) >= 11 is 6.19.